The minimum Gasteiger partial charge on any atom is -0.252 e. The summed E-state index contributed by atoms with van der Waals surface area (Å²) in [6.45, 7) is 2.19. The molecule has 0 N–H and O–H groups in total. The molecule has 0 bridgehead atoms. The quantitative estimate of drug-likeness (QED) is 0.756. The fourth-order valence-electron chi connectivity index (χ4n) is 1.54. The van der Waals surface area contributed by atoms with Gasteiger partial charge in [0.05, 0.1) is 18.1 Å². The highest BCUT2D eigenvalue weighted by Crippen LogP contribution is 2.16. The van der Waals surface area contributed by atoms with Crippen molar-refractivity contribution in [3.63, 3.8) is 0 Å². The Kier molecular flexibility index (Phi) is 3.08. The number of hydrogen-bond donors (Lipinski definition) is 0. The number of aromatic nitrogens is 2. The number of hydrogen-bond acceptors (Lipinski definition) is 2. The van der Waals surface area contributed by atoms with Crippen molar-refractivity contribution in [2.75, 3.05) is 0 Å². The minimum absolute atomic E-state index is 0.900. The summed E-state index contributed by atoms with van der Waals surface area (Å²) in [7, 11) is 0. The second kappa shape index (κ2) is 4.69. The molecule has 0 saturated carbocycles. The van der Waals surface area contributed by atoms with Crippen molar-refractivity contribution in [3.8, 4) is 11.3 Å². The predicted molar refractivity (Wildman–Crippen MR) is 60.3 cm³/mol. The van der Waals surface area contributed by atoms with E-state index in [2.05, 4.69) is 47.4 Å². The van der Waals surface area contributed by atoms with Crippen molar-refractivity contribution < 1.29 is 0 Å². The Morgan fingerprint density at radius 1 is 1.20 bits per heavy atom. The van der Waals surface area contributed by atoms with Gasteiger partial charge < -0.3 is 0 Å². The molecule has 2 rings (SSSR count). The zero-order valence-electron chi connectivity index (χ0n) is 8.77. The molecule has 1 aromatic heterocycles. The van der Waals surface area contributed by atoms with Crippen LogP contribution in [0.1, 0.15) is 18.9 Å². The smallest absolute Gasteiger partial charge is 0.109 e. The standard InChI is InChI=1S/C13H13N2/c1-2-3-11-4-6-12(7-5-11)13-10-14-8-9-15-13/h4-7,9-10H,2-3H2,1H3. The summed E-state index contributed by atoms with van der Waals surface area (Å²) in [5, 5.41) is 0. The third-order valence-corrected chi connectivity index (χ3v) is 2.31. The maximum absolute atomic E-state index is 4.21. The van der Waals surface area contributed by atoms with Gasteiger partial charge in [-0.1, -0.05) is 37.6 Å². The van der Waals surface area contributed by atoms with Crippen LogP contribution < -0.4 is 0 Å². The van der Waals surface area contributed by atoms with E-state index in [1.807, 2.05) is 0 Å². The lowest BCUT2D eigenvalue weighted by atomic mass is 10.1. The Morgan fingerprint density at radius 2 is 2.00 bits per heavy atom. The molecule has 0 unspecified atom stereocenters. The Balaban J connectivity index is 2.24. The molecule has 0 amide bonds. The van der Waals surface area contributed by atoms with Crippen LogP contribution in [-0.2, 0) is 6.42 Å². The van der Waals surface area contributed by atoms with Crippen molar-refractivity contribution in [2.45, 2.75) is 19.8 Å². The van der Waals surface area contributed by atoms with Crippen molar-refractivity contribution in [3.05, 3.63) is 48.4 Å². The molecule has 1 aromatic carbocycles. The van der Waals surface area contributed by atoms with Crippen LogP contribution in [0.2, 0.25) is 0 Å². The Morgan fingerprint density at radius 3 is 2.60 bits per heavy atom. The van der Waals surface area contributed by atoms with Gasteiger partial charge in [-0.3, -0.25) is 9.97 Å². The normalized spacial score (nSPS) is 10.2. The number of aryl methyl sites for hydroxylation is 1. The van der Waals surface area contributed by atoms with Crippen LogP contribution in [-0.4, -0.2) is 9.97 Å². The van der Waals surface area contributed by atoms with Gasteiger partial charge in [0.1, 0.15) is 6.20 Å². The lowest BCUT2D eigenvalue weighted by Gasteiger charge is -2.01. The molecule has 1 heterocycles. The van der Waals surface area contributed by atoms with Crippen LogP contribution in [0.5, 0.6) is 0 Å². The highest BCUT2D eigenvalue weighted by molar-refractivity contribution is 5.57. The summed E-state index contributed by atoms with van der Waals surface area (Å²) in [5.74, 6) is 0. The van der Waals surface area contributed by atoms with Gasteiger partial charge in [0.25, 0.3) is 0 Å². The van der Waals surface area contributed by atoms with Crippen LogP contribution in [0, 0.1) is 6.20 Å². The topological polar surface area (TPSA) is 25.8 Å². The molecule has 0 aliphatic heterocycles. The molecular weight excluding hydrogens is 184 g/mol. The molecule has 2 aromatic rings. The van der Waals surface area contributed by atoms with Gasteiger partial charge in [0, 0.05) is 5.56 Å². The summed E-state index contributed by atoms with van der Waals surface area (Å²) in [6.07, 6.45) is 8.31. The van der Waals surface area contributed by atoms with Crippen LogP contribution in [0.25, 0.3) is 11.3 Å². The average molecular weight is 197 g/mol. The van der Waals surface area contributed by atoms with E-state index in [1.54, 1.807) is 12.4 Å². The highest BCUT2D eigenvalue weighted by atomic mass is 14.8. The molecule has 1 radical (unpaired) electrons. The first-order valence-electron chi connectivity index (χ1n) is 5.17. The first-order valence-corrected chi connectivity index (χ1v) is 5.17. The summed E-state index contributed by atoms with van der Waals surface area (Å²) >= 11 is 0. The van der Waals surface area contributed by atoms with E-state index in [4.69, 9.17) is 0 Å². The van der Waals surface area contributed by atoms with E-state index >= 15 is 0 Å². The maximum Gasteiger partial charge on any atom is 0.109 e. The average Bonchev–Trinajstić information content (AvgIpc) is 2.32. The Hall–Kier alpha value is -1.70. The van der Waals surface area contributed by atoms with E-state index in [-0.39, 0.29) is 0 Å². The van der Waals surface area contributed by atoms with Gasteiger partial charge >= 0.3 is 0 Å². The lowest BCUT2D eigenvalue weighted by molar-refractivity contribution is 0.922. The van der Waals surface area contributed by atoms with Gasteiger partial charge in [-0.15, -0.1) is 0 Å². The molecule has 2 nitrogen and oxygen atoms in total. The van der Waals surface area contributed by atoms with Crippen molar-refractivity contribution in [1.82, 2.24) is 9.97 Å². The monoisotopic (exact) mass is 197 g/mol. The zero-order valence-corrected chi connectivity index (χ0v) is 8.77. The van der Waals surface area contributed by atoms with Gasteiger partial charge in [-0.05, 0) is 12.0 Å². The third-order valence-electron chi connectivity index (χ3n) is 2.31. The molecule has 0 aliphatic carbocycles. The van der Waals surface area contributed by atoms with Crippen molar-refractivity contribution in [2.24, 2.45) is 0 Å². The minimum atomic E-state index is 0.900. The molecule has 2 heteroatoms. The second-order valence-corrected chi connectivity index (χ2v) is 3.48. The summed E-state index contributed by atoms with van der Waals surface area (Å²) in [6, 6.07) is 8.48. The van der Waals surface area contributed by atoms with Crippen LogP contribution in [0.15, 0.2) is 36.7 Å². The molecule has 0 saturated heterocycles. The molecule has 75 valence electrons. The van der Waals surface area contributed by atoms with Crippen LogP contribution in [0.4, 0.5) is 0 Å². The summed E-state index contributed by atoms with van der Waals surface area (Å²) in [5.41, 5.74) is 3.38. The first-order chi connectivity index (χ1) is 7.40. The third kappa shape index (κ3) is 2.40. The largest absolute Gasteiger partial charge is 0.252 e. The predicted octanol–water partition coefficient (Wildman–Crippen LogP) is 2.90. The van der Waals surface area contributed by atoms with Crippen LogP contribution in [0.3, 0.4) is 0 Å². The molecule has 0 atom stereocenters. The van der Waals surface area contributed by atoms with E-state index in [9.17, 15) is 0 Å². The number of benzene rings is 1. The van der Waals surface area contributed by atoms with E-state index in [0.717, 1.165) is 17.7 Å². The van der Waals surface area contributed by atoms with Gasteiger partial charge in [-0.25, -0.2) is 0 Å². The van der Waals surface area contributed by atoms with E-state index in [0.29, 0.717) is 0 Å². The zero-order chi connectivity index (χ0) is 10.5. The van der Waals surface area contributed by atoms with Gasteiger partial charge in [0.2, 0.25) is 0 Å². The molecule has 0 aliphatic rings. The molecule has 0 fully saturated rings. The van der Waals surface area contributed by atoms with Crippen molar-refractivity contribution in [1.29, 1.82) is 0 Å². The molecular formula is C13H13N2. The number of nitrogens with zero attached hydrogens (tertiary/aromatic N) is 2. The van der Waals surface area contributed by atoms with Crippen molar-refractivity contribution >= 4 is 0 Å². The lowest BCUT2D eigenvalue weighted by Crippen LogP contribution is -1.86. The maximum atomic E-state index is 4.21. The number of rotatable bonds is 3. The fourth-order valence-corrected chi connectivity index (χ4v) is 1.54. The second-order valence-electron chi connectivity index (χ2n) is 3.48. The van der Waals surface area contributed by atoms with E-state index in [1.165, 1.54) is 12.0 Å². The van der Waals surface area contributed by atoms with Gasteiger partial charge in [0.15, 0.2) is 0 Å². The van der Waals surface area contributed by atoms with Crippen LogP contribution >= 0.6 is 0 Å². The van der Waals surface area contributed by atoms with E-state index < -0.39 is 0 Å². The SMILES string of the molecule is CCCc1ccc(-c2cn[c]cn2)cc1. The Labute approximate surface area is 90.0 Å². The van der Waals surface area contributed by atoms with Gasteiger partial charge in [-0.2, -0.15) is 0 Å². The summed E-state index contributed by atoms with van der Waals surface area (Å²) < 4.78 is 0. The Bertz CT molecular complexity index is 406. The first kappa shape index (κ1) is 9.84. The highest BCUT2D eigenvalue weighted by Gasteiger charge is 1.98. The summed E-state index contributed by atoms with van der Waals surface area (Å²) in [4.78, 5) is 8.14. The fraction of sp³-hybridized carbons (Fsp3) is 0.231. The molecule has 0 spiro atoms. The molecule has 15 heavy (non-hydrogen) atoms.